The van der Waals surface area contributed by atoms with Crippen LogP contribution < -0.4 is 5.32 Å². The number of benzene rings is 2. The Morgan fingerprint density at radius 2 is 1.79 bits per heavy atom. The summed E-state index contributed by atoms with van der Waals surface area (Å²) in [5, 5.41) is 7.32. The summed E-state index contributed by atoms with van der Waals surface area (Å²) in [5.41, 5.74) is 2.09. The average molecular weight is 403 g/mol. The van der Waals surface area contributed by atoms with Crippen molar-refractivity contribution < 1.29 is 14.3 Å². The first-order chi connectivity index (χ1) is 14.1. The molecule has 1 N–H and O–H groups in total. The number of pyridine rings is 1. The molecular formula is C22H17N3O3S. The first-order valence-electron chi connectivity index (χ1n) is 8.97. The number of carbonyl (C=O) groups is 2. The van der Waals surface area contributed by atoms with Gasteiger partial charge in [-0.2, -0.15) is 0 Å². The Hall–Kier alpha value is -3.58. The lowest BCUT2D eigenvalue weighted by atomic mass is 10.1. The third-order valence-electron chi connectivity index (χ3n) is 4.35. The summed E-state index contributed by atoms with van der Waals surface area (Å²) in [6.07, 6.45) is 2.03. The predicted octanol–water partition coefficient (Wildman–Crippen LogP) is 4.54. The van der Waals surface area contributed by atoms with Crippen molar-refractivity contribution in [3.05, 3.63) is 77.9 Å². The van der Waals surface area contributed by atoms with Crippen LogP contribution in [0, 0.1) is 0 Å². The van der Waals surface area contributed by atoms with E-state index in [0.717, 1.165) is 22.0 Å². The van der Waals surface area contributed by atoms with E-state index in [2.05, 4.69) is 27.4 Å². The smallest absolute Gasteiger partial charge is 0.339 e. The molecule has 1 amide bonds. The summed E-state index contributed by atoms with van der Waals surface area (Å²) >= 11 is 1.32. The van der Waals surface area contributed by atoms with Crippen molar-refractivity contribution in [2.24, 2.45) is 0 Å². The molecular weight excluding hydrogens is 386 g/mol. The van der Waals surface area contributed by atoms with Crippen molar-refractivity contribution in [1.29, 1.82) is 0 Å². The third kappa shape index (κ3) is 4.30. The maximum absolute atomic E-state index is 12.4. The number of nitrogens with one attached hydrogen (secondary N) is 1. The fourth-order valence-corrected chi connectivity index (χ4v) is 3.51. The van der Waals surface area contributed by atoms with Gasteiger partial charge in [0.1, 0.15) is 0 Å². The highest BCUT2D eigenvalue weighted by molar-refractivity contribution is 7.14. The minimum Gasteiger partial charge on any atom is -0.449 e. The monoisotopic (exact) mass is 403 g/mol. The summed E-state index contributed by atoms with van der Waals surface area (Å²) in [6, 6.07) is 17.3. The van der Waals surface area contributed by atoms with Gasteiger partial charge in [0.2, 0.25) is 0 Å². The molecule has 4 aromatic rings. The van der Waals surface area contributed by atoms with Gasteiger partial charge in [-0.05, 0) is 35.9 Å². The molecule has 0 aliphatic heterocycles. The second-order valence-electron chi connectivity index (χ2n) is 6.37. The van der Waals surface area contributed by atoms with E-state index >= 15 is 0 Å². The van der Waals surface area contributed by atoms with Gasteiger partial charge in [-0.1, -0.05) is 36.4 Å². The van der Waals surface area contributed by atoms with Crippen LogP contribution in [0.2, 0.25) is 0 Å². The van der Waals surface area contributed by atoms with Crippen molar-refractivity contribution in [2.75, 3.05) is 5.32 Å². The van der Waals surface area contributed by atoms with E-state index in [9.17, 15) is 9.59 Å². The van der Waals surface area contributed by atoms with Crippen LogP contribution in [0.15, 0.2) is 72.4 Å². The van der Waals surface area contributed by atoms with Crippen molar-refractivity contribution in [3.63, 3.8) is 0 Å². The molecule has 0 fully saturated rings. The van der Waals surface area contributed by atoms with E-state index in [4.69, 9.17) is 4.74 Å². The van der Waals surface area contributed by atoms with Crippen LogP contribution in [0.1, 0.15) is 17.3 Å². The van der Waals surface area contributed by atoms with Gasteiger partial charge in [0.05, 0.1) is 11.3 Å². The molecule has 29 heavy (non-hydrogen) atoms. The molecule has 0 saturated heterocycles. The molecule has 4 rings (SSSR count). The highest BCUT2D eigenvalue weighted by Crippen LogP contribution is 2.27. The number of fused-ring (bicyclic) bond motifs is 1. The number of hydrogen-bond donors (Lipinski definition) is 1. The lowest BCUT2D eigenvalue weighted by Crippen LogP contribution is -2.29. The summed E-state index contributed by atoms with van der Waals surface area (Å²) < 4.78 is 5.21. The summed E-state index contributed by atoms with van der Waals surface area (Å²) in [6.45, 7) is 1.52. The third-order valence-corrected chi connectivity index (χ3v) is 5.11. The van der Waals surface area contributed by atoms with Crippen LogP contribution in [0.25, 0.3) is 22.0 Å². The molecule has 0 aliphatic rings. The summed E-state index contributed by atoms with van der Waals surface area (Å²) in [4.78, 5) is 32.8. The van der Waals surface area contributed by atoms with E-state index in [1.807, 2.05) is 35.7 Å². The second kappa shape index (κ2) is 8.20. The number of rotatable bonds is 5. The van der Waals surface area contributed by atoms with E-state index < -0.39 is 18.0 Å². The fraction of sp³-hybridized carbons (Fsp3) is 0.0909. The largest absolute Gasteiger partial charge is 0.449 e. The molecule has 7 heteroatoms. The van der Waals surface area contributed by atoms with Gasteiger partial charge in [-0.25, -0.2) is 9.78 Å². The molecule has 144 valence electrons. The number of carbonyl (C=O) groups excluding carboxylic acids is 2. The first-order valence-corrected chi connectivity index (χ1v) is 9.85. The zero-order valence-corrected chi connectivity index (χ0v) is 16.3. The van der Waals surface area contributed by atoms with Crippen LogP contribution in [0.3, 0.4) is 0 Å². The number of anilines is 1. The first kappa shape index (κ1) is 18.8. The molecule has 0 radical (unpaired) electrons. The van der Waals surface area contributed by atoms with E-state index in [1.165, 1.54) is 42.8 Å². The van der Waals surface area contributed by atoms with Gasteiger partial charge in [0.25, 0.3) is 5.91 Å². The number of amides is 1. The number of hydrogen-bond acceptors (Lipinski definition) is 6. The molecule has 2 heterocycles. The quantitative estimate of drug-likeness (QED) is 0.495. The fourth-order valence-electron chi connectivity index (χ4n) is 2.79. The Labute approximate surface area is 171 Å². The summed E-state index contributed by atoms with van der Waals surface area (Å²) in [7, 11) is 0. The van der Waals surface area contributed by atoms with Crippen LogP contribution in [0.4, 0.5) is 5.13 Å². The standard InChI is InChI=1S/C22H17N3O3S/c1-14(28-21(27)16-8-10-23-11-9-16)20(26)25-22-24-19(13-29-22)18-7-6-15-4-2-3-5-17(15)12-18/h2-14H,1H3,(H,24,25,26). The molecule has 2 aromatic carbocycles. The minimum atomic E-state index is -0.955. The normalized spacial score (nSPS) is 11.8. The zero-order valence-electron chi connectivity index (χ0n) is 15.5. The van der Waals surface area contributed by atoms with Crippen LogP contribution >= 0.6 is 11.3 Å². The topological polar surface area (TPSA) is 81.2 Å². The molecule has 1 atom stereocenters. The Bertz CT molecular complexity index is 1170. The number of esters is 1. The van der Waals surface area contributed by atoms with Gasteiger partial charge in [-0.15, -0.1) is 11.3 Å². The van der Waals surface area contributed by atoms with Gasteiger partial charge in [-0.3, -0.25) is 15.1 Å². The average Bonchev–Trinajstić information content (AvgIpc) is 3.22. The van der Waals surface area contributed by atoms with Crippen molar-refractivity contribution in [1.82, 2.24) is 9.97 Å². The van der Waals surface area contributed by atoms with E-state index in [1.54, 1.807) is 0 Å². The van der Waals surface area contributed by atoms with Crippen LogP contribution in [0.5, 0.6) is 0 Å². The van der Waals surface area contributed by atoms with Crippen molar-refractivity contribution in [3.8, 4) is 11.3 Å². The molecule has 0 spiro atoms. The van der Waals surface area contributed by atoms with Crippen LogP contribution in [-0.2, 0) is 9.53 Å². The van der Waals surface area contributed by atoms with Gasteiger partial charge < -0.3 is 4.74 Å². The van der Waals surface area contributed by atoms with Gasteiger partial charge in [0.15, 0.2) is 11.2 Å². The summed E-state index contributed by atoms with van der Waals surface area (Å²) in [5.74, 6) is -1.02. The molecule has 0 bridgehead atoms. The molecule has 0 aliphatic carbocycles. The van der Waals surface area contributed by atoms with Crippen molar-refractivity contribution in [2.45, 2.75) is 13.0 Å². The predicted molar refractivity (Wildman–Crippen MR) is 113 cm³/mol. The molecule has 1 unspecified atom stereocenters. The van der Waals surface area contributed by atoms with Gasteiger partial charge in [0, 0.05) is 23.3 Å². The van der Waals surface area contributed by atoms with Crippen LogP contribution in [-0.4, -0.2) is 27.9 Å². The van der Waals surface area contributed by atoms with Gasteiger partial charge >= 0.3 is 5.97 Å². The maximum atomic E-state index is 12.4. The number of nitrogens with zero attached hydrogens (tertiary/aromatic N) is 2. The molecule has 6 nitrogen and oxygen atoms in total. The Kier molecular flexibility index (Phi) is 5.31. The number of thiazole rings is 1. The van der Waals surface area contributed by atoms with Crippen molar-refractivity contribution >= 4 is 39.1 Å². The Balaban J connectivity index is 1.42. The highest BCUT2D eigenvalue weighted by Gasteiger charge is 2.20. The Morgan fingerprint density at radius 3 is 2.59 bits per heavy atom. The molecule has 0 saturated carbocycles. The zero-order chi connectivity index (χ0) is 20.2. The van der Waals surface area contributed by atoms with E-state index in [-0.39, 0.29) is 0 Å². The lowest BCUT2D eigenvalue weighted by molar-refractivity contribution is -0.123. The minimum absolute atomic E-state index is 0.340. The molecule has 2 aromatic heterocycles. The van der Waals surface area contributed by atoms with E-state index in [0.29, 0.717) is 10.7 Å². The number of ether oxygens (including phenoxy) is 1. The maximum Gasteiger partial charge on any atom is 0.339 e. The lowest BCUT2D eigenvalue weighted by Gasteiger charge is -2.12. The SMILES string of the molecule is CC(OC(=O)c1ccncc1)C(=O)Nc1nc(-c2ccc3ccccc3c2)cs1. The number of aromatic nitrogens is 2. The Morgan fingerprint density at radius 1 is 1.03 bits per heavy atom. The second-order valence-corrected chi connectivity index (χ2v) is 7.23. The highest BCUT2D eigenvalue weighted by atomic mass is 32.1.